The molecular formula is C17H16ClN3O5. The van der Waals surface area contributed by atoms with E-state index in [1.54, 1.807) is 12.1 Å². The number of carbonyl (C=O) groups excluding carboxylic acids is 1. The zero-order valence-corrected chi connectivity index (χ0v) is 14.8. The fraction of sp³-hybridized carbons (Fsp3) is 0.176. The Kier molecular flexibility index (Phi) is 6.13. The van der Waals surface area contributed by atoms with Crippen LogP contribution in [0.5, 0.6) is 11.5 Å². The van der Waals surface area contributed by atoms with Gasteiger partial charge < -0.3 is 9.84 Å². The molecule has 0 aliphatic heterocycles. The fourth-order valence-electron chi connectivity index (χ4n) is 2.14. The summed E-state index contributed by atoms with van der Waals surface area (Å²) < 4.78 is 5.38. The minimum atomic E-state index is -0.713. The number of hydrogen-bond acceptors (Lipinski definition) is 6. The number of nitrogens with one attached hydrogen (secondary N) is 1. The van der Waals surface area contributed by atoms with Crippen molar-refractivity contribution < 1.29 is 19.6 Å². The van der Waals surface area contributed by atoms with E-state index in [2.05, 4.69) is 10.5 Å². The normalized spacial score (nSPS) is 10.7. The number of benzene rings is 2. The van der Waals surface area contributed by atoms with Crippen molar-refractivity contribution in [3.8, 4) is 11.5 Å². The fourth-order valence-corrected chi connectivity index (χ4v) is 2.25. The highest BCUT2D eigenvalue weighted by atomic mass is 35.5. The smallest absolute Gasteiger partial charge is 0.311 e. The SMILES string of the molecule is Cc1cc(OCC(=O)N/N=C\c2cccc([N+](=O)[O-])c2O)cc(C)c1Cl. The van der Waals surface area contributed by atoms with Gasteiger partial charge in [-0.3, -0.25) is 14.9 Å². The summed E-state index contributed by atoms with van der Waals surface area (Å²) in [7, 11) is 0. The van der Waals surface area contributed by atoms with Crippen LogP contribution in [0, 0.1) is 24.0 Å². The number of phenols is 1. The molecule has 0 saturated heterocycles. The molecule has 1 amide bonds. The Bertz CT molecular complexity index is 860. The Morgan fingerprint density at radius 1 is 1.38 bits per heavy atom. The molecule has 136 valence electrons. The quantitative estimate of drug-likeness (QED) is 0.456. The van der Waals surface area contributed by atoms with E-state index in [0.717, 1.165) is 23.4 Å². The minimum absolute atomic E-state index is 0.101. The number of halogens is 1. The Morgan fingerprint density at radius 3 is 2.65 bits per heavy atom. The largest absolute Gasteiger partial charge is 0.502 e. The number of nitrogens with zero attached hydrogens (tertiary/aromatic N) is 2. The van der Waals surface area contributed by atoms with Gasteiger partial charge in [-0.05, 0) is 43.2 Å². The molecule has 9 heteroatoms. The molecule has 2 rings (SSSR count). The van der Waals surface area contributed by atoms with Gasteiger partial charge in [0.2, 0.25) is 5.75 Å². The van der Waals surface area contributed by atoms with E-state index in [1.165, 1.54) is 12.1 Å². The second-order valence-electron chi connectivity index (χ2n) is 5.42. The van der Waals surface area contributed by atoms with Crippen molar-refractivity contribution in [3.63, 3.8) is 0 Å². The highest BCUT2D eigenvalue weighted by molar-refractivity contribution is 6.32. The summed E-state index contributed by atoms with van der Waals surface area (Å²) in [5.41, 5.74) is 3.54. The van der Waals surface area contributed by atoms with Crippen LogP contribution in [0.15, 0.2) is 35.4 Å². The van der Waals surface area contributed by atoms with E-state index in [4.69, 9.17) is 16.3 Å². The molecule has 0 atom stereocenters. The molecule has 2 aromatic carbocycles. The standard InChI is InChI=1S/C17H16ClN3O5/c1-10-6-13(7-11(2)16(10)18)26-9-15(22)20-19-8-12-4-3-5-14(17(12)23)21(24)25/h3-8,23H,9H2,1-2H3,(H,20,22)/b19-8-. The lowest BCUT2D eigenvalue weighted by Gasteiger charge is -2.09. The first-order valence-corrected chi connectivity index (χ1v) is 7.85. The van der Waals surface area contributed by atoms with E-state index in [-0.39, 0.29) is 12.2 Å². The van der Waals surface area contributed by atoms with Crippen LogP contribution in [-0.4, -0.2) is 28.8 Å². The highest BCUT2D eigenvalue weighted by Gasteiger charge is 2.15. The first-order valence-electron chi connectivity index (χ1n) is 7.47. The predicted octanol–water partition coefficient (Wildman–Crippen LogP) is 3.10. The number of phenolic OH excluding ortho intramolecular Hbond substituents is 1. The number of nitro benzene ring substituents is 1. The van der Waals surface area contributed by atoms with Crippen LogP contribution in [0.4, 0.5) is 5.69 Å². The van der Waals surface area contributed by atoms with Gasteiger partial charge in [-0.25, -0.2) is 5.43 Å². The lowest BCUT2D eigenvalue weighted by Crippen LogP contribution is -2.24. The number of amides is 1. The molecule has 0 unspecified atom stereocenters. The first-order chi connectivity index (χ1) is 12.3. The maximum absolute atomic E-state index is 11.8. The lowest BCUT2D eigenvalue weighted by molar-refractivity contribution is -0.385. The average molecular weight is 378 g/mol. The number of para-hydroxylation sites is 1. The van der Waals surface area contributed by atoms with E-state index in [9.17, 15) is 20.0 Å². The third kappa shape index (κ3) is 4.70. The highest BCUT2D eigenvalue weighted by Crippen LogP contribution is 2.28. The van der Waals surface area contributed by atoms with Gasteiger partial charge in [0.15, 0.2) is 6.61 Å². The molecule has 0 saturated carbocycles. The van der Waals surface area contributed by atoms with Gasteiger partial charge in [-0.15, -0.1) is 0 Å². The number of hydrazone groups is 1. The molecule has 0 fully saturated rings. The summed E-state index contributed by atoms with van der Waals surface area (Å²) >= 11 is 6.07. The maximum atomic E-state index is 11.8. The third-order valence-corrected chi connectivity index (χ3v) is 4.01. The molecule has 0 spiro atoms. The van der Waals surface area contributed by atoms with Gasteiger partial charge in [-0.1, -0.05) is 17.7 Å². The van der Waals surface area contributed by atoms with Crippen LogP contribution in [0.2, 0.25) is 5.02 Å². The Balaban J connectivity index is 1.94. The first kappa shape index (κ1) is 19.2. The minimum Gasteiger partial charge on any atom is -0.502 e. The molecule has 0 bridgehead atoms. The summed E-state index contributed by atoms with van der Waals surface area (Å²) in [4.78, 5) is 21.8. The molecule has 2 N–H and O–H groups in total. The van der Waals surface area contributed by atoms with Crippen molar-refractivity contribution in [2.75, 3.05) is 6.61 Å². The van der Waals surface area contributed by atoms with Gasteiger partial charge in [0.05, 0.1) is 11.1 Å². The molecule has 0 aliphatic carbocycles. The van der Waals surface area contributed by atoms with Gasteiger partial charge in [-0.2, -0.15) is 5.10 Å². The molecule has 0 heterocycles. The number of hydrogen-bond donors (Lipinski definition) is 2. The molecule has 26 heavy (non-hydrogen) atoms. The molecule has 0 radical (unpaired) electrons. The number of ether oxygens (including phenoxy) is 1. The second-order valence-corrected chi connectivity index (χ2v) is 5.80. The van der Waals surface area contributed by atoms with Crippen molar-refractivity contribution >= 4 is 29.4 Å². The van der Waals surface area contributed by atoms with Crippen molar-refractivity contribution in [2.45, 2.75) is 13.8 Å². The maximum Gasteiger partial charge on any atom is 0.311 e. The Morgan fingerprint density at radius 2 is 2.04 bits per heavy atom. The lowest BCUT2D eigenvalue weighted by atomic mass is 10.1. The second kappa shape index (κ2) is 8.30. The van der Waals surface area contributed by atoms with Gasteiger partial charge in [0.1, 0.15) is 5.75 Å². The van der Waals surface area contributed by atoms with Gasteiger partial charge in [0.25, 0.3) is 5.91 Å². The van der Waals surface area contributed by atoms with Crippen molar-refractivity contribution in [2.24, 2.45) is 5.10 Å². The average Bonchev–Trinajstić information content (AvgIpc) is 2.59. The number of carbonyl (C=O) groups is 1. The number of aromatic hydroxyl groups is 1. The number of nitro groups is 1. The van der Waals surface area contributed by atoms with Crippen LogP contribution in [0.25, 0.3) is 0 Å². The molecule has 2 aromatic rings. The van der Waals surface area contributed by atoms with E-state index >= 15 is 0 Å². The van der Waals surface area contributed by atoms with Crippen LogP contribution < -0.4 is 10.2 Å². The number of aryl methyl sites for hydroxylation is 2. The molecular weight excluding hydrogens is 362 g/mol. The van der Waals surface area contributed by atoms with E-state index in [0.29, 0.717) is 10.8 Å². The Hall–Kier alpha value is -3.13. The summed E-state index contributed by atoms with van der Waals surface area (Å²) in [6.45, 7) is 3.38. The van der Waals surface area contributed by atoms with Crippen molar-refractivity contribution in [1.29, 1.82) is 0 Å². The third-order valence-electron chi connectivity index (χ3n) is 3.42. The summed E-state index contributed by atoms with van der Waals surface area (Å²) in [6, 6.07) is 7.42. The van der Waals surface area contributed by atoms with E-state index in [1.807, 2.05) is 13.8 Å². The zero-order chi connectivity index (χ0) is 19.3. The molecule has 0 aromatic heterocycles. The van der Waals surface area contributed by atoms with Crippen LogP contribution in [-0.2, 0) is 4.79 Å². The zero-order valence-electron chi connectivity index (χ0n) is 14.0. The molecule has 0 aliphatic rings. The summed E-state index contributed by atoms with van der Waals surface area (Å²) in [5.74, 6) is -0.560. The predicted molar refractivity (Wildman–Crippen MR) is 96.9 cm³/mol. The van der Waals surface area contributed by atoms with Crippen LogP contribution in [0.1, 0.15) is 16.7 Å². The van der Waals surface area contributed by atoms with Crippen molar-refractivity contribution in [1.82, 2.24) is 5.43 Å². The molecule has 8 nitrogen and oxygen atoms in total. The topological polar surface area (TPSA) is 114 Å². The Labute approximate surface area is 154 Å². The summed E-state index contributed by atoms with van der Waals surface area (Å²) in [6.07, 6.45) is 1.11. The monoisotopic (exact) mass is 377 g/mol. The van der Waals surface area contributed by atoms with Crippen LogP contribution in [0.3, 0.4) is 0 Å². The van der Waals surface area contributed by atoms with Crippen LogP contribution >= 0.6 is 11.6 Å². The van der Waals surface area contributed by atoms with Crippen molar-refractivity contribution in [3.05, 3.63) is 62.2 Å². The van der Waals surface area contributed by atoms with Gasteiger partial charge >= 0.3 is 5.69 Å². The van der Waals surface area contributed by atoms with Gasteiger partial charge in [0, 0.05) is 16.7 Å². The summed E-state index contributed by atoms with van der Waals surface area (Å²) in [5, 5.41) is 24.8. The number of rotatable bonds is 6. The van der Waals surface area contributed by atoms with E-state index < -0.39 is 22.3 Å².